The Bertz CT molecular complexity index is 1220. The van der Waals surface area contributed by atoms with E-state index in [1.807, 2.05) is 49.4 Å². The molecule has 7 heteroatoms. The van der Waals surface area contributed by atoms with Gasteiger partial charge < -0.3 is 19.5 Å². The highest BCUT2D eigenvalue weighted by Gasteiger charge is 2.15. The Morgan fingerprint density at radius 2 is 1.76 bits per heavy atom. The van der Waals surface area contributed by atoms with Gasteiger partial charge in [-0.25, -0.2) is 0 Å². The molecule has 0 saturated heterocycles. The Morgan fingerprint density at radius 3 is 2.42 bits per heavy atom. The number of nitriles is 1. The van der Waals surface area contributed by atoms with E-state index in [0.717, 1.165) is 11.1 Å². The number of carbonyl (C=O) groups is 1. The van der Waals surface area contributed by atoms with Gasteiger partial charge in [-0.1, -0.05) is 52.3 Å². The summed E-state index contributed by atoms with van der Waals surface area (Å²) >= 11 is 3.50. The van der Waals surface area contributed by atoms with Crippen LogP contribution in [0.1, 0.15) is 16.7 Å². The number of methoxy groups -OCH3 is 2. The van der Waals surface area contributed by atoms with Crippen molar-refractivity contribution < 1.29 is 19.0 Å². The lowest BCUT2D eigenvalue weighted by Gasteiger charge is -2.13. The fourth-order valence-corrected chi connectivity index (χ4v) is 3.52. The molecule has 0 saturated carbocycles. The number of hydrogen-bond donors (Lipinski definition) is 1. The van der Waals surface area contributed by atoms with Crippen molar-refractivity contribution in [2.45, 2.75) is 13.5 Å². The first-order valence-electron chi connectivity index (χ1n) is 10.1. The van der Waals surface area contributed by atoms with Crippen molar-refractivity contribution in [3.05, 3.63) is 87.4 Å². The number of ether oxygens (including phenoxy) is 3. The van der Waals surface area contributed by atoms with Crippen LogP contribution < -0.4 is 19.5 Å². The van der Waals surface area contributed by atoms with E-state index in [1.165, 1.54) is 20.3 Å². The van der Waals surface area contributed by atoms with Gasteiger partial charge in [-0.2, -0.15) is 5.26 Å². The zero-order valence-corrected chi connectivity index (χ0v) is 20.1. The van der Waals surface area contributed by atoms with E-state index in [-0.39, 0.29) is 5.57 Å². The number of hydrogen-bond acceptors (Lipinski definition) is 5. The molecule has 0 fully saturated rings. The molecule has 0 atom stereocenters. The van der Waals surface area contributed by atoms with Crippen LogP contribution in [0.3, 0.4) is 0 Å². The third kappa shape index (κ3) is 6.15. The molecule has 3 aromatic carbocycles. The summed E-state index contributed by atoms with van der Waals surface area (Å²) in [6, 6.07) is 20.6. The summed E-state index contributed by atoms with van der Waals surface area (Å²) in [6.07, 6.45) is 1.49. The summed E-state index contributed by atoms with van der Waals surface area (Å²) in [7, 11) is 3.06. The van der Waals surface area contributed by atoms with Crippen LogP contribution in [0.5, 0.6) is 17.2 Å². The predicted molar refractivity (Wildman–Crippen MR) is 131 cm³/mol. The minimum atomic E-state index is -0.545. The molecule has 0 aliphatic rings. The Kier molecular flexibility index (Phi) is 8.11. The normalized spacial score (nSPS) is 10.8. The van der Waals surface area contributed by atoms with Gasteiger partial charge in [0.15, 0.2) is 11.5 Å². The van der Waals surface area contributed by atoms with E-state index in [1.54, 1.807) is 24.3 Å². The molecule has 1 N–H and O–H groups in total. The van der Waals surface area contributed by atoms with Gasteiger partial charge in [0, 0.05) is 4.47 Å². The lowest BCUT2D eigenvalue weighted by Crippen LogP contribution is -2.14. The summed E-state index contributed by atoms with van der Waals surface area (Å²) < 4.78 is 17.3. The monoisotopic (exact) mass is 506 g/mol. The average molecular weight is 507 g/mol. The smallest absolute Gasteiger partial charge is 0.266 e. The van der Waals surface area contributed by atoms with E-state index in [4.69, 9.17) is 14.2 Å². The standard InChI is InChI=1S/C26H23BrN2O4/c1-17-9-10-23(31-2)22(11-17)29-26(30)20(15-28)12-19-13-24(32-3)25(14-21(19)27)33-16-18-7-5-4-6-8-18/h4-14H,16H2,1-3H3,(H,29,30)/b20-12+. The molecule has 0 heterocycles. The maximum atomic E-state index is 12.8. The van der Waals surface area contributed by atoms with Crippen LogP contribution in [0.25, 0.3) is 6.08 Å². The largest absolute Gasteiger partial charge is 0.495 e. The van der Waals surface area contributed by atoms with Crippen molar-refractivity contribution in [3.63, 3.8) is 0 Å². The van der Waals surface area contributed by atoms with Crippen molar-refractivity contribution in [2.75, 3.05) is 19.5 Å². The number of nitrogens with zero attached hydrogens (tertiary/aromatic N) is 1. The fourth-order valence-electron chi connectivity index (χ4n) is 3.08. The van der Waals surface area contributed by atoms with E-state index in [9.17, 15) is 10.1 Å². The second-order valence-corrected chi connectivity index (χ2v) is 7.98. The molecule has 0 bridgehead atoms. The molecule has 0 aliphatic heterocycles. The second-order valence-electron chi connectivity index (χ2n) is 7.13. The van der Waals surface area contributed by atoms with Gasteiger partial charge in [-0.15, -0.1) is 0 Å². The summed E-state index contributed by atoms with van der Waals surface area (Å²) in [5.41, 5.74) is 2.99. The van der Waals surface area contributed by atoms with Crippen LogP contribution in [-0.4, -0.2) is 20.1 Å². The third-order valence-corrected chi connectivity index (χ3v) is 5.47. The van der Waals surface area contributed by atoms with Crippen molar-refractivity contribution in [1.29, 1.82) is 5.26 Å². The van der Waals surface area contributed by atoms with Crippen molar-refractivity contribution in [2.24, 2.45) is 0 Å². The number of amides is 1. The van der Waals surface area contributed by atoms with Crippen LogP contribution in [0.2, 0.25) is 0 Å². The van der Waals surface area contributed by atoms with Gasteiger partial charge in [0.1, 0.15) is 24.0 Å². The van der Waals surface area contributed by atoms with Gasteiger partial charge in [0.2, 0.25) is 0 Å². The zero-order valence-electron chi connectivity index (χ0n) is 18.5. The van der Waals surface area contributed by atoms with E-state index in [0.29, 0.717) is 39.6 Å². The van der Waals surface area contributed by atoms with Crippen molar-refractivity contribution in [3.8, 4) is 23.3 Å². The highest BCUT2D eigenvalue weighted by Crippen LogP contribution is 2.35. The molecule has 33 heavy (non-hydrogen) atoms. The first kappa shape index (κ1) is 23.9. The maximum Gasteiger partial charge on any atom is 0.266 e. The molecule has 0 spiro atoms. The fraction of sp³-hybridized carbons (Fsp3) is 0.154. The molecule has 3 rings (SSSR count). The molecule has 1 amide bonds. The molecule has 0 unspecified atom stereocenters. The van der Waals surface area contributed by atoms with Crippen molar-refractivity contribution >= 4 is 33.6 Å². The molecular weight excluding hydrogens is 484 g/mol. The van der Waals surface area contributed by atoms with Crippen LogP contribution in [0, 0.1) is 18.3 Å². The van der Waals surface area contributed by atoms with Gasteiger partial charge in [-0.05, 0) is 54.0 Å². The average Bonchev–Trinajstić information content (AvgIpc) is 2.82. The summed E-state index contributed by atoms with van der Waals surface area (Å²) in [4.78, 5) is 12.8. The van der Waals surface area contributed by atoms with E-state index < -0.39 is 5.91 Å². The number of benzene rings is 3. The summed E-state index contributed by atoms with van der Waals surface area (Å²) in [6.45, 7) is 2.28. The quantitative estimate of drug-likeness (QED) is 0.303. The number of rotatable bonds is 8. The number of halogens is 1. The molecule has 3 aromatic rings. The number of anilines is 1. The predicted octanol–water partition coefficient (Wildman–Crippen LogP) is 5.90. The SMILES string of the molecule is COc1ccc(C)cc1NC(=O)/C(C#N)=C/c1cc(OC)c(OCc2ccccc2)cc1Br. The van der Waals surface area contributed by atoms with Crippen LogP contribution in [0.15, 0.2) is 70.7 Å². The minimum absolute atomic E-state index is 0.0701. The topological polar surface area (TPSA) is 80.6 Å². The van der Waals surface area contributed by atoms with Crippen LogP contribution in [0.4, 0.5) is 5.69 Å². The Balaban J connectivity index is 1.85. The molecule has 6 nitrogen and oxygen atoms in total. The highest BCUT2D eigenvalue weighted by molar-refractivity contribution is 9.10. The number of carbonyl (C=O) groups excluding carboxylic acids is 1. The lowest BCUT2D eigenvalue weighted by atomic mass is 10.1. The minimum Gasteiger partial charge on any atom is -0.495 e. The van der Waals surface area contributed by atoms with Crippen LogP contribution >= 0.6 is 15.9 Å². The summed E-state index contributed by atoms with van der Waals surface area (Å²) in [5.74, 6) is 0.988. The summed E-state index contributed by atoms with van der Waals surface area (Å²) in [5, 5.41) is 12.4. The number of aryl methyl sites for hydroxylation is 1. The second kappa shape index (κ2) is 11.2. The van der Waals surface area contributed by atoms with Crippen LogP contribution in [-0.2, 0) is 11.4 Å². The molecule has 0 aromatic heterocycles. The Morgan fingerprint density at radius 1 is 1.03 bits per heavy atom. The number of nitrogens with one attached hydrogen (secondary N) is 1. The molecular formula is C26H23BrN2O4. The molecule has 0 radical (unpaired) electrons. The van der Waals surface area contributed by atoms with Gasteiger partial charge in [-0.3, -0.25) is 4.79 Å². The van der Waals surface area contributed by atoms with E-state index >= 15 is 0 Å². The molecule has 168 valence electrons. The van der Waals surface area contributed by atoms with Crippen molar-refractivity contribution in [1.82, 2.24) is 0 Å². The van der Waals surface area contributed by atoms with Gasteiger partial charge in [0.05, 0.1) is 19.9 Å². The Labute approximate surface area is 201 Å². The first-order valence-corrected chi connectivity index (χ1v) is 10.9. The maximum absolute atomic E-state index is 12.8. The Hall–Kier alpha value is -3.76. The lowest BCUT2D eigenvalue weighted by molar-refractivity contribution is -0.112. The third-order valence-electron chi connectivity index (χ3n) is 4.79. The zero-order chi connectivity index (χ0) is 23.8. The van der Waals surface area contributed by atoms with Gasteiger partial charge in [0.25, 0.3) is 5.91 Å². The highest BCUT2D eigenvalue weighted by atomic mass is 79.9. The van der Waals surface area contributed by atoms with E-state index in [2.05, 4.69) is 21.2 Å². The molecule has 0 aliphatic carbocycles. The first-order chi connectivity index (χ1) is 15.9. The van der Waals surface area contributed by atoms with Gasteiger partial charge >= 0.3 is 0 Å².